The third kappa shape index (κ3) is 15.8. The lowest BCUT2D eigenvalue weighted by Crippen LogP contribution is -1.87. The highest BCUT2D eigenvalue weighted by atomic mass is 32.1. The summed E-state index contributed by atoms with van der Waals surface area (Å²) in [4.78, 5) is 20.2. The summed E-state index contributed by atoms with van der Waals surface area (Å²) in [7, 11) is 0. The van der Waals surface area contributed by atoms with Crippen molar-refractivity contribution in [3.63, 3.8) is 0 Å². The number of aryl methyl sites for hydroxylation is 4. The van der Waals surface area contributed by atoms with Crippen LogP contribution in [0.2, 0.25) is 0 Å². The minimum Gasteiger partial charge on any atom is -0.143 e. The molecule has 0 aliphatic heterocycles. The summed E-state index contributed by atoms with van der Waals surface area (Å²) in [5, 5.41) is 4.68. The van der Waals surface area contributed by atoms with E-state index >= 15 is 0 Å². The second-order valence-electron chi connectivity index (χ2n) is 20.2. The van der Waals surface area contributed by atoms with Crippen LogP contribution in [0.25, 0.3) is 68.3 Å². The lowest BCUT2D eigenvalue weighted by molar-refractivity contribution is 0.608. The molecule has 0 saturated carbocycles. The fourth-order valence-electron chi connectivity index (χ4n) is 10.1. The summed E-state index contributed by atoms with van der Waals surface area (Å²) in [5.74, 6) is 0. The predicted molar refractivity (Wildman–Crippen MR) is 336 cm³/mol. The molecule has 0 radical (unpaired) electrons. The minimum absolute atomic E-state index is 1.18. The number of hydrogen-bond donors (Lipinski definition) is 0. The Kier molecular flexibility index (Phi) is 23.5. The highest BCUT2D eigenvalue weighted by Crippen LogP contribution is 2.50. The number of unbranched alkanes of at least 4 members (excludes halogenated alkanes) is 20. The van der Waals surface area contributed by atoms with Crippen molar-refractivity contribution in [3.05, 3.63) is 106 Å². The van der Waals surface area contributed by atoms with Gasteiger partial charge < -0.3 is 0 Å². The zero-order valence-electron chi connectivity index (χ0n) is 44.1. The maximum absolute atomic E-state index is 2.58. The molecule has 0 fully saturated rings. The predicted octanol–water partition coefficient (Wildman–Crippen LogP) is 25.5. The molecule has 0 unspecified atom stereocenters. The van der Waals surface area contributed by atoms with Gasteiger partial charge in [-0.25, -0.2) is 0 Å². The smallest absolute Gasteiger partial charge is 0.0481 e. The highest BCUT2D eigenvalue weighted by molar-refractivity contribution is 7.31. The molecule has 386 valence electrons. The van der Waals surface area contributed by atoms with Gasteiger partial charge in [0.2, 0.25) is 0 Å². The van der Waals surface area contributed by atoms with Gasteiger partial charge >= 0.3 is 0 Å². The van der Waals surface area contributed by atoms with Crippen molar-refractivity contribution >= 4 is 90.7 Å². The van der Waals surface area contributed by atoms with Gasteiger partial charge in [-0.3, -0.25) is 0 Å². The monoisotopic (exact) mass is 1110 g/mol. The molecule has 8 rings (SSSR count). The lowest BCUT2D eigenvalue weighted by Gasteiger charge is -2.03. The summed E-state index contributed by atoms with van der Waals surface area (Å²) in [6.07, 6.45) is 37.1. The van der Waals surface area contributed by atoms with Crippen molar-refractivity contribution in [2.75, 3.05) is 0 Å². The first-order valence-electron chi connectivity index (χ1n) is 28.4. The first kappa shape index (κ1) is 55.8. The average Bonchev–Trinajstić information content (AvgIpc) is 4.24. The summed E-state index contributed by atoms with van der Waals surface area (Å²) < 4.78 is 0. The van der Waals surface area contributed by atoms with Crippen LogP contribution in [0.5, 0.6) is 0 Å². The molecule has 8 heteroatoms. The number of thiophene rings is 8. The Balaban J connectivity index is 0.962. The van der Waals surface area contributed by atoms with E-state index in [1.54, 1.807) is 22.3 Å². The Bertz CT molecular complexity index is 2560. The Labute approximate surface area is 468 Å². The fraction of sp³-hybridized carbons (Fsp3) is 0.500. The summed E-state index contributed by atoms with van der Waals surface area (Å²) in [5.41, 5.74) is 6.26. The quantitative estimate of drug-likeness (QED) is 0.0347. The van der Waals surface area contributed by atoms with Crippen molar-refractivity contribution < 1.29 is 0 Å². The fourth-order valence-corrected chi connectivity index (χ4v) is 19.4. The van der Waals surface area contributed by atoms with Crippen LogP contribution in [-0.2, 0) is 25.7 Å². The molecule has 0 nitrogen and oxygen atoms in total. The zero-order valence-corrected chi connectivity index (χ0v) is 50.7. The lowest BCUT2D eigenvalue weighted by atomic mass is 10.0. The largest absolute Gasteiger partial charge is 0.143 e. The van der Waals surface area contributed by atoms with Gasteiger partial charge in [-0.15, -0.1) is 90.7 Å². The van der Waals surface area contributed by atoms with Gasteiger partial charge in [0.05, 0.1) is 0 Å². The minimum atomic E-state index is 1.18. The van der Waals surface area contributed by atoms with Crippen molar-refractivity contribution in [2.24, 2.45) is 0 Å². The second-order valence-corrected chi connectivity index (χ2v) is 28.5. The van der Waals surface area contributed by atoms with Gasteiger partial charge in [-0.05, 0) is 157 Å². The van der Waals surface area contributed by atoms with E-state index < -0.39 is 0 Å². The van der Waals surface area contributed by atoms with Gasteiger partial charge in [-0.2, -0.15) is 0 Å². The number of rotatable bonds is 35. The molecule has 0 amide bonds. The highest BCUT2D eigenvalue weighted by Gasteiger charge is 2.21. The van der Waals surface area contributed by atoms with Crippen molar-refractivity contribution in [2.45, 2.75) is 207 Å². The van der Waals surface area contributed by atoms with E-state index in [1.165, 1.54) is 248 Å². The molecule has 0 atom stereocenters. The molecule has 8 heterocycles. The van der Waals surface area contributed by atoms with E-state index in [0.29, 0.717) is 0 Å². The van der Waals surface area contributed by atoms with Crippen molar-refractivity contribution in [1.29, 1.82) is 0 Å². The molecule has 0 spiro atoms. The maximum Gasteiger partial charge on any atom is 0.0481 e. The van der Waals surface area contributed by atoms with Crippen LogP contribution in [-0.4, -0.2) is 0 Å². The molecule has 0 N–H and O–H groups in total. The molecule has 0 aliphatic carbocycles. The third-order valence-electron chi connectivity index (χ3n) is 14.4. The zero-order chi connectivity index (χ0) is 49.7. The van der Waals surface area contributed by atoms with Crippen LogP contribution in [0.15, 0.2) is 83.6 Å². The van der Waals surface area contributed by atoms with E-state index in [9.17, 15) is 0 Å². The normalized spacial score (nSPS) is 11.8. The van der Waals surface area contributed by atoms with E-state index in [2.05, 4.69) is 134 Å². The molecule has 8 aromatic rings. The first-order chi connectivity index (χ1) is 35.6. The molecular formula is C64H82S8. The Hall–Kier alpha value is -2.40. The van der Waals surface area contributed by atoms with E-state index in [1.807, 2.05) is 68.0 Å². The van der Waals surface area contributed by atoms with Gasteiger partial charge in [0.15, 0.2) is 0 Å². The molecule has 0 bridgehead atoms. The van der Waals surface area contributed by atoms with Crippen LogP contribution in [0.4, 0.5) is 0 Å². The molecule has 0 aliphatic rings. The van der Waals surface area contributed by atoms with Gasteiger partial charge in [-0.1, -0.05) is 156 Å². The second kappa shape index (κ2) is 30.4. The summed E-state index contributed by atoms with van der Waals surface area (Å²) >= 11 is 16.0. The number of hydrogen-bond acceptors (Lipinski definition) is 8. The van der Waals surface area contributed by atoms with Crippen LogP contribution in [0, 0.1) is 0 Å². The van der Waals surface area contributed by atoms with E-state index in [-0.39, 0.29) is 0 Å². The van der Waals surface area contributed by atoms with Crippen LogP contribution in [0.1, 0.15) is 204 Å². The van der Waals surface area contributed by atoms with E-state index in [0.717, 1.165) is 0 Å². The van der Waals surface area contributed by atoms with Gasteiger partial charge in [0.25, 0.3) is 0 Å². The van der Waals surface area contributed by atoms with Crippen molar-refractivity contribution in [3.8, 4) is 68.3 Å². The molecule has 8 aromatic heterocycles. The Morgan fingerprint density at radius 3 is 0.819 bits per heavy atom. The first-order valence-corrected chi connectivity index (χ1v) is 35.0. The molecular weight excluding hydrogens is 1030 g/mol. The average molecular weight is 1110 g/mol. The van der Waals surface area contributed by atoms with Crippen molar-refractivity contribution in [1.82, 2.24) is 0 Å². The van der Waals surface area contributed by atoms with Gasteiger partial charge in [0.1, 0.15) is 0 Å². The van der Waals surface area contributed by atoms with Gasteiger partial charge in [0, 0.05) is 68.3 Å². The van der Waals surface area contributed by atoms with Crippen LogP contribution >= 0.6 is 90.7 Å². The topological polar surface area (TPSA) is 0 Å². The SMILES string of the molecule is CCCCCCCCc1ccsc1-c1cc(CCCCCCCC)c(-c2ccc(-c3ccc(-c4ccc(-c5ccc(-c6sc(-c7sccc7CCCCCCCC)cc6CCCCCCCC)s5)s4)s3)s2)s1. The van der Waals surface area contributed by atoms with E-state index in [4.69, 9.17) is 0 Å². The summed E-state index contributed by atoms with van der Waals surface area (Å²) in [6.45, 7) is 9.26. The van der Waals surface area contributed by atoms with Crippen LogP contribution < -0.4 is 0 Å². The molecule has 72 heavy (non-hydrogen) atoms. The Morgan fingerprint density at radius 1 is 0.236 bits per heavy atom. The third-order valence-corrected chi connectivity index (χ3v) is 24.3. The molecule has 0 saturated heterocycles. The standard InChI is InChI=1S/C64H82S8/c1-5-9-13-17-21-25-29-47-41-43-65-61(47)59-45-49(31-27-23-19-15-11-7-3)63(71-59)57-39-37-55(69-57)53-35-33-51(67-53)52-34-36-54(68-52)56-38-40-58(70-56)64-50(32-28-24-20-16-12-8-4)46-60(72-64)62-48(42-44-66-62)30-26-22-18-14-10-6-2/h33-46H,5-32H2,1-4H3. The Morgan fingerprint density at radius 2 is 0.500 bits per heavy atom. The molecule has 0 aromatic carbocycles. The van der Waals surface area contributed by atoms with Crippen LogP contribution in [0.3, 0.4) is 0 Å². The maximum atomic E-state index is 2.58. The summed E-state index contributed by atoms with van der Waals surface area (Å²) in [6, 6.07) is 29.1.